The van der Waals surface area contributed by atoms with E-state index < -0.39 is 5.97 Å². The van der Waals surface area contributed by atoms with Crippen molar-refractivity contribution in [2.45, 2.75) is 63.1 Å². The van der Waals surface area contributed by atoms with Gasteiger partial charge in [0, 0.05) is 19.1 Å². The number of aliphatic carboxylic acids is 1. The summed E-state index contributed by atoms with van der Waals surface area (Å²) in [4.78, 5) is 40.2. The average Bonchev–Trinajstić information content (AvgIpc) is 3.20. The minimum Gasteiger partial charge on any atom is -0.550 e. The van der Waals surface area contributed by atoms with Gasteiger partial charge >= 0.3 is 0 Å². The number of aromatic nitrogens is 2. The SMILES string of the molecule is O=C([O-])CCCCn1c(SCC(=O)NCCC2=CCCCC2)nc2ccsc2c1=O. The summed E-state index contributed by atoms with van der Waals surface area (Å²) in [7, 11) is 0. The second-order valence-electron chi connectivity index (χ2n) is 7.31. The summed E-state index contributed by atoms with van der Waals surface area (Å²) in [5.41, 5.74) is 1.91. The molecule has 3 rings (SSSR count). The third-order valence-electron chi connectivity index (χ3n) is 5.03. The van der Waals surface area contributed by atoms with E-state index in [0.29, 0.717) is 41.3 Å². The number of hydrogen-bond acceptors (Lipinski definition) is 7. The van der Waals surface area contributed by atoms with Gasteiger partial charge in [0.25, 0.3) is 5.56 Å². The number of thioether (sulfide) groups is 1. The van der Waals surface area contributed by atoms with Gasteiger partial charge in [-0.1, -0.05) is 23.4 Å². The third-order valence-corrected chi connectivity index (χ3v) is 6.90. The van der Waals surface area contributed by atoms with Crippen LogP contribution in [-0.2, 0) is 16.1 Å². The maximum Gasteiger partial charge on any atom is 0.272 e. The Hall–Kier alpha value is -2.13. The molecule has 9 heteroatoms. The molecule has 1 aliphatic carbocycles. The molecule has 1 N–H and O–H groups in total. The highest BCUT2D eigenvalue weighted by molar-refractivity contribution is 7.99. The Kier molecular flexibility index (Phi) is 8.50. The Labute approximate surface area is 183 Å². The van der Waals surface area contributed by atoms with Crippen LogP contribution in [0.1, 0.15) is 51.4 Å². The van der Waals surface area contributed by atoms with Crippen molar-refractivity contribution in [2.75, 3.05) is 12.3 Å². The molecule has 0 saturated carbocycles. The number of hydrogen-bond donors (Lipinski definition) is 1. The largest absolute Gasteiger partial charge is 0.550 e. The Morgan fingerprint density at radius 3 is 2.93 bits per heavy atom. The number of fused-ring (bicyclic) bond motifs is 1. The number of nitrogens with zero attached hydrogens (tertiary/aromatic N) is 2. The van der Waals surface area contributed by atoms with E-state index in [1.165, 1.54) is 41.5 Å². The number of carboxylic acids is 1. The topological polar surface area (TPSA) is 104 Å². The summed E-state index contributed by atoms with van der Waals surface area (Å²) in [5.74, 6) is -0.996. The number of thiophene rings is 1. The molecule has 0 aromatic carbocycles. The summed E-state index contributed by atoms with van der Waals surface area (Å²) in [6, 6.07) is 1.80. The van der Waals surface area contributed by atoms with E-state index in [1.54, 1.807) is 10.6 Å². The van der Waals surface area contributed by atoms with Crippen LogP contribution in [0.5, 0.6) is 0 Å². The summed E-state index contributed by atoms with van der Waals surface area (Å²) >= 11 is 2.58. The fourth-order valence-corrected chi connectivity index (χ4v) is 5.08. The lowest BCUT2D eigenvalue weighted by atomic mass is 9.97. The van der Waals surface area contributed by atoms with E-state index in [1.807, 2.05) is 5.38 Å². The molecule has 2 aromatic heterocycles. The molecule has 0 spiro atoms. The highest BCUT2D eigenvalue weighted by Crippen LogP contribution is 2.22. The van der Waals surface area contributed by atoms with E-state index >= 15 is 0 Å². The molecule has 2 aromatic rings. The van der Waals surface area contributed by atoms with Crippen LogP contribution in [0.3, 0.4) is 0 Å². The van der Waals surface area contributed by atoms with Gasteiger partial charge in [0.2, 0.25) is 5.91 Å². The van der Waals surface area contributed by atoms with Gasteiger partial charge in [0.15, 0.2) is 5.16 Å². The maximum atomic E-state index is 12.8. The Balaban J connectivity index is 1.58. The lowest BCUT2D eigenvalue weighted by Gasteiger charge is -2.14. The molecular formula is C21H26N3O4S2-. The highest BCUT2D eigenvalue weighted by Gasteiger charge is 2.14. The molecule has 0 radical (unpaired) electrons. The lowest BCUT2D eigenvalue weighted by Crippen LogP contribution is -2.28. The van der Waals surface area contributed by atoms with Crippen LogP contribution in [0.25, 0.3) is 10.2 Å². The number of nitrogens with one attached hydrogen (secondary N) is 1. The molecule has 0 fully saturated rings. The summed E-state index contributed by atoms with van der Waals surface area (Å²) in [5, 5.41) is 15.9. The molecule has 0 aliphatic heterocycles. The van der Waals surface area contributed by atoms with E-state index in [0.717, 1.165) is 19.3 Å². The zero-order valence-electron chi connectivity index (χ0n) is 16.9. The minimum atomic E-state index is -1.09. The predicted octanol–water partition coefficient (Wildman–Crippen LogP) is 2.48. The van der Waals surface area contributed by atoms with Gasteiger partial charge in [-0.3, -0.25) is 14.2 Å². The molecule has 2 heterocycles. The minimum absolute atomic E-state index is 0.0370. The Morgan fingerprint density at radius 1 is 1.30 bits per heavy atom. The second kappa shape index (κ2) is 11.3. The van der Waals surface area contributed by atoms with Crippen LogP contribution in [0.4, 0.5) is 0 Å². The molecule has 162 valence electrons. The van der Waals surface area contributed by atoms with Crippen LogP contribution in [0.15, 0.2) is 33.0 Å². The standard InChI is InChI=1S/C21H27N3O4S2/c25-17(22-11-9-15-6-2-1-3-7-15)14-30-21-23-16-10-13-29-19(16)20(28)24(21)12-5-4-8-18(26)27/h6,10,13H,1-5,7-9,11-12,14H2,(H,22,25)(H,26,27)/p-1. The monoisotopic (exact) mass is 448 g/mol. The lowest BCUT2D eigenvalue weighted by molar-refractivity contribution is -0.305. The van der Waals surface area contributed by atoms with Gasteiger partial charge in [-0.2, -0.15) is 0 Å². The van der Waals surface area contributed by atoms with E-state index in [9.17, 15) is 19.5 Å². The third kappa shape index (κ3) is 6.43. The van der Waals surface area contributed by atoms with Crippen LogP contribution in [-0.4, -0.2) is 33.7 Å². The fraction of sp³-hybridized carbons (Fsp3) is 0.524. The van der Waals surface area contributed by atoms with Crippen molar-refractivity contribution in [3.05, 3.63) is 33.4 Å². The number of carbonyl (C=O) groups is 2. The van der Waals surface area contributed by atoms with Gasteiger partial charge in [-0.15, -0.1) is 11.3 Å². The van der Waals surface area contributed by atoms with Crippen molar-refractivity contribution in [3.63, 3.8) is 0 Å². The smallest absolute Gasteiger partial charge is 0.272 e. The number of carboxylic acid groups (broad SMARTS) is 1. The van der Waals surface area contributed by atoms with Crippen molar-refractivity contribution >= 4 is 45.2 Å². The molecule has 1 amide bonds. The number of rotatable bonds is 11. The molecule has 0 bridgehead atoms. The first-order valence-corrected chi connectivity index (χ1v) is 12.2. The molecule has 0 unspecified atom stereocenters. The number of carbonyl (C=O) groups excluding carboxylic acids is 2. The molecule has 7 nitrogen and oxygen atoms in total. The van der Waals surface area contributed by atoms with Gasteiger partial charge in [0.1, 0.15) is 4.70 Å². The van der Waals surface area contributed by atoms with E-state index in [4.69, 9.17) is 0 Å². The van der Waals surface area contributed by atoms with Crippen LogP contribution in [0, 0.1) is 0 Å². The van der Waals surface area contributed by atoms with E-state index in [-0.39, 0.29) is 23.6 Å². The van der Waals surface area contributed by atoms with Gasteiger partial charge in [-0.05, 0) is 62.8 Å². The normalized spacial score (nSPS) is 13.9. The molecule has 0 saturated heterocycles. The van der Waals surface area contributed by atoms with Gasteiger partial charge < -0.3 is 15.2 Å². The fourth-order valence-electron chi connectivity index (χ4n) is 3.45. The Bertz CT molecular complexity index is 980. The molecular weight excluding hydrogens is 422 g/mol. The quantitative estimate of drug-likeness (QED) is 0.245. The van der Waals surface area contributed by atoms with Crippen molar-refractivity contribution in [1.29, 1.82) is 0 Å². The van der Waals surface area contributed by atoms with Gasteiger partial charge in [0.05, 0.1) is 11.3 Å². The van der Waals surface area contributed by atoms with E-state index in [2.05, 4.69) is 16.4 Å². The zero-order chi connectivity index (χ0) is 21.3. The molecule has 30 heavy (non-hydrogen) atoms. The van der Waals surface area contributed by atoms with Crippen molar-refractivity contribution in [3.8, 4) is 0 Å². The highest BCUT2D eigenvalue weighted by atomic mass is 32.2. The maximum absolute atomic E-state index is 12.8. The summed E-state index contributed by atoms with van der Waals surface area (Å²) in [6.45, 7) is 0.989. The number of unbranched alkanes of at least 4 members (excludes halogenated alkanes) is 1. The van der Waals surface area contributed by atoms with Crippen molar-refractivity contribution in [1.82, 2.24) is 14.9 Å². The van der Waals surface area contributed by atoms with Gasteiger partial charge in [-0.25, -0.2) is 4.98 Å². The molecule has 1 aliphatic rings. The van der Waals surface area contributed by atoms with Crippen LogP contribution >= 0.6 is 23.1 Å². The average molecular weight is 449 g/mol. The first-order valence-electron chi connectivity index (χ1n) is 10.3. The van der Waals surface area contributed by atoms with Crippen molar-refractivity contribution < 1.29 is 14.7 Å². The second-order valence-corrected chi connectivity index (χ2v) is 9.17. The Morgan fingerprint density at radius 2 is 2.17 bits per heavy atom. The molecule has 0 atom stereocenters. The first kappa shape index (κ1) is 22.6. The summed E-state index contributed by atoms with van der Waals surface area (Å²) < 4.78 is 2.13. The van der Waals surface area contributed by atoms with Crippen molar-refractivity contribution in [2.24, 2.45) is 0 Å². The predicted molar refractivity (Wildman–Crippen MR) is 118 cm³/mol. The number of amides is 1. The first-order chi connectivity index (χ1) is 14.5. The zero-order valence-corrected chi connectivity index (χ0v) is 18.5. The van der Waals surface area contributed by atoms with Crippen LogP contribution in [0.2, 0.25) is 0 Å². The van der Waals surface area contributed by atoms with Crippen LogP contribution < -0.4 is 16.0 Å². The summed E-state index contributed by atoms with van der Waals surface area (Å²) in [6.07, 6.45) is 8.83. The number of allylic oxidation sites excluding steroid dienone is 1.